The Bertz CT molecular complexity index is 300. The average Bonchev–Trinajstić information content (AvgIpc) is 2.22. The van der Waals surface area contributed by atoms with Gasteiger partial charge in [-0.25, -0.2) is 0 Å². The van der Waals surface area contributed by atoms with Gasteiger partial charge in [0.25, 0.3) is 0 Å². The zero-order valence-corrected chi connectivity index (χ0v) is 11.6. The molecule has 0 atom stereocenters. The van der Waals surface area contributed by atoms with Crippen molar-refractivity contribution in [3.8, 4) is 11.8 Å². The molecule has 1 amide bonds. The average molecular weight is 236 g/mol. The summed E-state index contributed by atoms with van der Waals surface area (Å²) in [5.41, 5.74) is 0. The molecular formula is C14H24N2O. The zero-order valence-electron chi connectivity index (χ0n) is 11.6. The lowest BCUT2D eigenvalue weighted by Gasteiger charge is -2.28. The monoisotopic (exact) mass is 236 g/mol. The van der Waals surface area contributed by atoms with Crippen LogP contribution in [0.2, 0.25) is 0 Å². The SMILES string of the molecule is CC=CC(=O)NCC#CCN(C(C)C)C(C)C. The third kappa shape index (κ3) is 7.59. The highest BCUT2D eigenvalue weighted by Gasteiger charge is 2.10. The van der Waals surface area contributed by atoms with E-state index in [2.05, 4.69) is 49.8 Å². The molecule has 0 spiro atoms. The topological polar surface area (TPSA) is 32.3 Å². The Morgan fingerprint density at radius 3 is 2.29 bits per heavy atom. The maximum Gasteiger partial charge on any atom is 0.244 e. The van der Waals surface area contributed by atoms with Gasteiger partial charge >= 0.3 is 0 Å². The Kier molecular flexibility index (Phi) is 8.17. The molecule has 0 aromatic carbocycles. The van der Waals surface area contributed by atoms with E-state index in [1.54, 1.807) is 6.08 Å². The summed E-state index contributed by atoms with van der Waals surface area (Å²) in [7, 11) is 0. The molecule has 96 valence electrons. The van der Waals surface area contributed by atoms with Gasteiger partial charge in [0.05, 0.1) is 13.1 Å². The number of nitrogens with zero attached hydrogens (tertiary/aromatic N) is 1. The van der Waals surface area contributed by atoms with Gasteiger partial charge < -0.3 is 5.32 Å². The number of allylic oxidation sites excluding steroid dienone is 1. The Balaban J connectivity index is 3.98. The molecule has 0 bridgehead atoms. The fourth-order valence-electron chi connectivity index (χ4n) is 1.51. The molecule has 0 aromatic heterocycles. The first-order valence-corrected chi connectivity index (χ1v) is 6.11. The molecule has 0 heterocycles. The van der Waals surface area contributed by atoms with Crippen LogP contribution in [0.1, 0.15) is 34.6 Å². The van der Waals surface area contributed by atoms with Gasteiger partial charge in [-0.2, -0.15) is 0 Å². The van der Waals surface area contributed by atoms with Crippen LogP contribution < -0.4 is 5.32 Å². The first-order chi connectivity index (χ1) is 7.99. The summed E-state index contributed by atoms with van der Waals surface area (Å²) in [6.45, 7) is 11.6. The molecule has 0 rings (SSSR count). The molecule has 0 aliphatic carbocycles. The van der Waals surface area contributed by atoms with Crippen LogP contribution >= 0.6 is 0 Å². The summed E-state index contributed by atoms with van der Waals surface area (Å²) in [4.78, 5) is 13.4. The van der Waals surface area contributed by atoms with Crippen molar-refractivity contribution in [1.82, 2.24) is 10.2 Å². The molecule has 0 saturated carbocycles. The first-order valence-electron chi connectivity index (χ1n) is 6.11. The molecule has 3 nitrogen and oxygen atoms in total. The fraction of sp³-hybridized carbons (Fsp3) is 0.643. The molecule has 1 N–H and O–H groups in total. The van der Waals surface area contributed by atoms with Crippen LogP contribution in [0, 0.1) is 11.8 Å². The van der Waals surface area contributed by atoms with E-state index < -0.39 is 0 Å². The zero-order chi connectivity index (χ0) is 13.3. The van der Waals surface area contributed by atoms with E-state index in [1.165, 1.54) is 6.08 Å². The van der Waals surface area contributed by atoms with Gasteiger partial charge in [0.2, 0.25) is 5.91 Å². The van der Waals surface area contributed by atoms with Crippen molar-refractivity contribution in [2.45, 2.75) is 46.7 Å². The minimum Gasteiger partial charge on any atom is -0.342 e. The van der Waals surface area contributed by atoms with Crippen molar-refractivity contribution >= 4 is 5.91 Å². The fourth-order valence-corrected chi connectivity index (χ4v) is 1.51. The van der Waals surface area contributed by atoms with Crippen LogP contribution in [0.15, 0.2) is 12.2 Å². The van der Waals surface area contributed by atoms with Gasteiger partial charge in [-0.1, -0.05) is 17.9 Å². The number of amides is 1. The lowest BCUT2D eigenvalue weighted by atomic mass is 10.2. The standard InChI is InChI=1S/C14H24N2O/c1-6-9-14(17)15-10-7-8-11-16(12(2)3)13(4)5/h6,9,12-13H,10-11H2,1-5H3,(H,15,17). The molecule has 0 saturated heterocycles. The van der Waals surface area contributed by atoms with Crippen molar-refractivity contribution in [2.75, 3.05) is 13.1 Å². The van der Waals surface area contributed by atoms with Crippen LogP contribution in [-0.2, 0) is 4.79 Å². The van der Waals surface area contributed by atoms with E-state index >= 15 is 0 Å². The van der Waals surface area contributed by atoms with E-state index in [4.69, 9.17) is 0 Å². The van der Waals surface area contributed by atoms with Crippen molar-refractivity contribution in [3.05, 3.63) is 12.2 Å². The number of carbonyl (C=O) groups is 1. The third-order valence-corrected chi connectivity index (χ3v) is 2.38. The van der Waals surface area contributed by atoms with Gasteiger partial charge in [0.15, 0.2) is 0 Å². The van der Waals surface area contributed by atoms with Crippen LogP contribution in [-0.4, -0.2) is 36.0 Å². The number of hydrogen-bond acceptors (Lipinski definition) is 2. The van der Waals surface area contributed by atoms with E-state index in [1.807, 2.05) is 6.92 Å². The summed E-state index contributed by atoms with van der Waals surface area (Å²) < 4.78 is 0. The minimum atomic E-state index is -0.0913. The quantitative estimate of drug-likeness (QED) is 0.583. The van der Waals surface area contributed by atoms with Crippen molar-refractivity contribution in [2.24, 2.45) is 0 Å². The largest absolute Gasteiger partial charge is 0.342 e. The molecule has 0 aromatic rings. The Morgan fingerprint density at radius 2 is 1.82 bits per heavy atom. The smallest absolute Gasteiger partial charge is 0.244 e. The Hall–Kier alpha value is -1.27. The van der Waals surface area contributed by atoms with Gasteiger partial charge in [0.1, 0.15) is 0 Å². The normalized spacial score (nSPS) is 11.1. The lowest BCUT2D eigenvalue weighted by Crippen LogP contribution is -2.37. The number of rotatable bonds is 5. The maximum absolute atomic E-state index is 11.1. The summed E-state index contributed by atoms with van der Waals surface area (Å²) in [5, 5.41) is 2.70. The summed E-state index contributed by atoms with van der Waals surface area (Å²) in [5.74, 6) is 5.95. The molecule has 0 aliphatic heterocycles. The van der Waals surface area contributed by atoms with E-state index in [0.29, 0.717) is 18.6 Å². The lowest BCUT2D eigenvalue weighted by molar-refractivity contribution is -0.116. The van der Waals surface area contributed by atoms with Crippen molar-refractivity contribution in [1.29, 1.82) is 0 Å². The number of carbonyl (C=O) groups excluding carboxylic acids is 1. The molecule has 0 radical (unpaired) electrons. The van der Waals surface area contributed by atoms with Gasteiger partial charge in [-0.05, 0) is 40.7 Å². The predicted molar refractivity (Wildman–Crippen MR) is 72.6 cm³/mol. The molecule has 0 aliphatic rings. The Morgan fingerprint density at radius 1 is 1.24 bits per heavy atom. The van der Waals surface area contributed by atoms with Crippen LogP contribution in [0.3, 0.4) is 0 Å². The van der Waals surface area contributed by atoms with Crippen LogP contribution in [0.5, 0.6) is 0 Å². The molecule has 3 heteroatoms. The first kappa shape index (κ1) is 15.7. The van der Waals surface area contributed by atoms with Gasteiger partial charge in [-0.15, -0.1) is 0 Å². The van der Waals surface area contributed by atoms with Crippen molar-refractivity contribution < 1.29 is 4.79 Å². The summed E-state index contributed by atoms with van der Waals surface area (Å²) in [6.07, 6.45) is 3.21. The summed E-state index contributed by atoms with van der Waals surface area (Å²) in [6, 6.07) is 0.976. The number of nitrogens with one attached hydrogen (secondary N) is 1. The van der Waals surface area contributed by atoms with Gasteiger partial charge in [-0.3, -0.25) is 9.69 Å². The predicted octanol–water partition coefficient (Wildman–Crippen LogP) is 1.80. The highest BCUT2D eigenvalue weighted by Crippen LogP contribution is 2.02. The minimum absolute atomic E-state index is 0.0913. The second kappa shape index (κ2) is 8.83. The maximum atomic E-state index is 11.1. The van der Waals surface area contributed by atoms with E-state index in [-0.39, 0.29) is 5.91 Å². The number of hydrogen-bond donors (Lipinski definition) is 1. The highest BCUT2D eigenvalue weighted by atomic mass is 16.1. The van der Waals surface area contributed by atoms with Gasteiger partial charge in [0, 0.05) is 12.1 Å². The summed E-state index contributed by atoms with van der Waals surface area (Å²) >= 11 is 0. The Labute approximate surface area is 105 Å². The second-order valence-electron chi connectivity index (χ2n) is 4.43. The highest BCUT2D eigenvalue weighted by molar-refractivity contribution is 5.87. The van der Waals surface area contributed by atoms with E-state index in [0.717, 1.165) is 6.54 Å². The third-order valence-electron chi connectivity index (χ3n) is 2.38. The van der Waals surface area contributed by atoms with Crippen LogP contribution in [0.25, 0.3) is 0 Å². The van der Waals surface area contributed by atoms with Crippen LogP contribution in [0.4, 0.5) is 0 Å². The molecule has 0 unspecified atom stereocenters. The molecular weight excluding hydrogens is 212 g/mol. The molecule has 0 fully saturated rings. The second-order valence-corrected chi connectivity index (χ2v) is 4.43. The molecule has 17 heavy (non-hydrogen) atoms. The van der Waals surface area contributed by atoms with Crippen molar-refractivity contribution in [3.63, 3.8) is 0 Å². The van der Waals surface area contributed by atoms with E-state index in [9.17, 15) is 4.79 Å².